The molecule has 0 unspecified atom stereocenters. The molecule has 0 bridgehead atoms. The number of aryl methyl sites for hydroxylation is 1. The van der Waals surface area contributed by atoms with Crippen LogP contribution in [0.15, 0.2) is 18.2 Å². The van der Waals surface area contributed by atoms with Crippen LogP contribution < -0.4 is 0 Å². The maximum atomic E-state index is 11.1. The van der Waals surface area contributed by atoms with Crippen LogP contribution in [0.5, 0.6) is 0 Å². The molecule has 1 aromatic heterocycles. The van der Waals surface area contributed by atoms with Crippen LogP contribution in [-0.4, -0.2) is 21.0 Å². The SMILES string of the molecule is Cc1cc(C(=O)O)c2c(Cl)ccc([N+](=O)[O-])c2n1. The summed E-state index contributed by atoms with van der Waals surface area (Å²) in [6.45, 7) is 1.57. The third-order valence-corrected chi connectivity index (χ3v) is 2.76. The van der Waals surface area contributed by atoms with Gasteiger partial charge in [0.05, 0.1) is 15.5 Å². The zero-order valence-electron chi connectivity index (χ0n) is 9.18. The third-order valence-electron chi connectivity index (χ3n) is 2.44. The highest BCUT2D eigenvalue weighted by Crippen LogP contribution is 2.32. The van der Waals surface area contributed by atoms with E-state index in [4.69, 9.17) is 16.7 Å². The van der Waals surface area contributed by atoms with Crippen molar-refractivity contribution in [3.05, 3.63) is 44.6 Å². The molecule has 0 atom stereocenters. The molecule has 1 heterocycles. The lowest BCUT2D eigenvalue weighted by atomic mass is 10.1. The molecule has 0 aliphatic rings. The van der Waals surface area contributed by atoms with Gasteiger partial charge in [-0.1, -0.05) is 11.6 Å². The molecular formula is C11H7ClN2O4. The van der Waals surface area contributed by atoms with Crippen LogP contribution in [-0.2, 0) is 0 Å². The van der Waals surface area contributed by atoms with Gasteiger partial charge >= 0.3 is 5.97 Å². The van der Waals surface area contributed by atoms with E-state index < -0.39 is 10.9 Å². The molecule has 1 aromatic carbocycles. The fraction of sp³-hybridized carbons (Fsp3) is 0.0909. The summed E-state index contributed by atoms with van der Waals surface area (Å²) in [7, 11) is 0. The number of non-ortho nitro benzene ring substituents is 1. The van der Waals surface area contributed by atoms with E-state index in [-0.39, 0.29) is 27.2 Å². The number of hydrogen-bond donors (Lipinski definition) is 1. The lowest BCUT2D eigenvalue weighted by molar-refractivity contribution is -0.383. The standard InChI is InChI=1S/C11H7ClN2O4/c1-5-4-6(11(15)16)9-7(12)2-3-8(14(17)18)10(9)13-5/h2-4H,1H3,(H,15,16). The van der Waals surface area contributed by atoms with Gasteiger partial charge in [0, 0.05) is 17.1 Å². The quantitative estimate of drug-likeness (QED) is 0.666. The van der Waals surface area contributed by atoms with E-state index in [0.29, 0.717) is 5.69 Å². The molecule has 18 heavy (non-hydrogen) atoms. The molecule has 0 fully saturated rings. The smallest absolute Gasteiger partial charge is 0.336 e. The second-order valence-corrected chi connectivity index (χ2v) is 4.07. The van der Waals surface area contributed by atoms with Gasteiger partial charge in [-0.05, 0) is 19.1 Å². The van der Waals surface area contributed by atoms with Crippen LogP contribution in [0.4, 0.5) is 5.69 Å². The number of aromatic carboxylic acids is 1. The van der Waals surface area contributed by atoms with Crippen molar-refractivity contribution in [1.29, 1.82) is 0 Å². The highest BCUT2D eigenvalue weighted by atomic mass is 35.5. The van der Waals surface area contributed by atoms with E-state index in [1.807, 2.05) is 0 Å². The Hall–Kier alpha value is -2.21. The fourth-order valence-corrected chi connectivity index (χ4v) is 1.98. The third kappa shape index (κ3) is 1.86. The minimum Gasteiger partial charge on any atom is -0.478 e. The minimum atomic E-state index is -1.20. The number of rotatable bonds is 2. The van der Waals surface area contributed by atoms with Crippen LogP contribution in [0, 0.1) is 17.0 Å². The Bertz CT molecular complexity index is 684. The van der Waals surface area contributed by atoms with Crippen LogP contribution in [0.2, 0.25) is 5.02 Å². The Balaban J connectivity index is 3.01. The second kappa shape index (κ2) is 4.23. The van der Waals surface area contributed by atoms with Gasteiger partial charge in [0.1, 0.15) is 0 Å². The molecule has 92 valence electrons. The van der Waals surface area contributed by atoms with E-state index in [0.717, 1.165) is 0 Å². The van der Waals surface area contributed by atoms with E-state index in [1.165, 1.54) is 18.2 Å². The molecule has 0 aliphatic carbocycles. The number of carboxylic acids is 1. The van der Waals surface area contributed by atoms with Crippen molar-refractivity contribution in [1.82, 2.24) is 4.98 Å². The normalized spacial score (nSPS) is 10.6. The van der Waals surface area contributed by atoms with Gasteiger partial charge in [-0.15, -0.1) is 0 Å². The summed E-state index contributed by atoms with van der Waals surface area (Å²) in [6.07, 6.45) is 0. The number of nitro groups is 1. The first-order valence-electron chi connectivity index (χ1n) is 4.89. The molecule has 0 amide bonds. The number of benzene rings is 1. The molecule has 0 aliphatic heterocycles. The Morgan fingerprint density at radius 1 is 1.50 bits per heavy atom. The molecular weight excluding hydrogens is 260 g/mol. The van der Waals surface area contributed by atoms with Crippen molar-refractivity contribution >= 4 is 34.2 Å². The number of hydrogen-bond acceptors (Lipinski definition) is 4. The highest BCUT2D eigenvalue weighted by Gasteiger charge is 2.21. The van der Waals surface area contributed by atoms with Crippen molar-refractivity contribution in [2.45, 2.75) is 6.92 Å². The summed E-state index contributed by atoms with van der Waals surface area (Å²) < 4.78 is 0. The lowest BCUT2D eigenvalue weighted by Crippen LogP contribution is -2.02. The zero-order valence-corrected chi connectivity index (χ0v) is 9.93. The first kappa shape index (κ1) is 12.3. The van der Waals surface area contributed by atoms with E-state index in [2.05, 4.69) is 4.98 Å². The highest BCUT2D eigenvalue weighted by molar-refractivity contribution is 6.37. The van der Waals surface area contributed by atoms with Crippen molar-refractivity contribution in [2.24, 2.45) is 0 Å². The Labute approximate surface area is 106 Å². The monoisotopic (exact) mass is 266 g/mol. The Morgan fingerprint density at radius 3 is 2.72 bits per heavy atom. The fourth-order valence-electron chi connectivity index (χ4n) is 1.73. The number of carboxylic acid groups (broad SMARTS) is 1. The van der Waals surface area contributed by atoms with Crippen LogP contribution in [0.1, 0.15) is 16.1 Å². The molecule has 2 aromatic rings. The average Bonchev–Trinajstić information content (AvgIpc) is 2.27. The van der Waals surface area contributed by atoms with E-state index in [9.17, 15) is 14.9 Å². The molecule has 1 N–H and O–H groups in total. The van der Waals surface area contributed by atoms with Gasteiger partial charge < -0.3 is 5.11 Å². The average molecular weight is 267 g/mol. The topological polar surface area (TPSA) is 93.3 Å². The van der Waals surface area contributed by atoms with Crippen molar-refractivity contribution in [3.63, 3.8) is 0 Å². The van der Waals surface area contributed by atoms with Gasteiger partial charge in [0.15, 0.2) is 5.52 Å². The predicted octanol–water partition coefficient (Wildman–Crippen LogP) is 2.80. The predicted molar refractivity (Wildman–Crippen MR) is 65.1 cm³/mol. The van der Waals surface area contributed by atoms with Gasteiger partial charge in [-0.2, -0.15) is 0 Å². The number of aromatic nitrogens is 1. The summed E-state index contributed by atoms with van der Waals surface area (Å²) in [5.74, 6) is -1.20. The number of fused-ring (bicyclic) bond motifs is 1. The molecule has 0 radical (unpaired) electrons. The number of carbonyl (C=O) groups is 1. The summed E-state index contributed by atoms with van der Waals surface area (Å²) in [5.41, 5.74) is 0.0157. The van der Waals surface area contributed by atoms with Crippen LogP contribution >= 0.6 is 11.6 Å². The Morgan fingerprint density at radius 2 is 2.17 bits per heavy atom. The first-order valence-corrected chi connectivity index (χ1v) is 5.27. The van der Waals surface area contributed by atoms with E-state index in [1.54, 1.807) is 6.92 Å². The molecule has 0 spiro atoms. The molecule has 0 saturated carbocycles. The van der Waals surface area contributed by atoms with Gasteiger partial charge in [-0.3, -0.25) is 10.1 Å². The number of nitro benzene ring substituents is 1. The summed E-state index contributed by atoms with van der Waals surface area (Å²) in [6, 6.07) is 3.84. The number of halogens is 1. The van der Waals surface area contributed by atoms with Crippen molar-refractivity contribution in [3.8, 4) is 0 Å². The summed E-state index contributed by atoms with van der Waals surface area (Å²) in [5, 5.41) is 20.2. The maximum absolute atomic E-state index is 11.1. The molecule has 2 rings (SSSR count). The van der Waals surface area contributed by atoms with Crippen molar-refractivity contribution in [2.75, 3.05) is 0 Å². The zero-order chi connectivity index (χ0) is 13.4. The van der Waals surface area contributed by atoms with Crippen LogP contribution in [0.3, 0.4) is 0 Å². The molecule has 6 nitrogen and oxygen atoms in total. The van der Waals surface area contributed by atoms with Gasteiger partial charge in [0.2, 0.25) is 0 Å². The Kier molecular flexibility index (Phi) is 2.88. The van der Waals surface area contributed by atoms with Crippen LogP contribution in [0.25, 0.3) is 10.9 Å². The molecule has 7 heteroatoms. The van der Waals surface area contributed by atoms with E-state index >= 15 is 0 Å². The molecule has 0 saturated heterocycles. The summed E-state index contributed by atoms with van der Waals surface area (Å²) in [4.78, 5) is 25.4. The van der Waals surface area contributed by atoms with Gasteiger partial charge in [-0.25, -0.2) is 9.78 Å². The number of nitrogens with zero attached hydrogens (tertiary/aromatic N) is 2. The number of pyridine rings is 1. The first-order chi connectivity index (χ1) is 8.41. The maximum Gasteiger partial charge on any atom is 0.336 e. The second-order valence-electron chi connectivity index (χ2n) is 3.66. The largest absolute Gasteiger partial charge is 0.478 e. The summed E-state index contributed by atoms with van der Waals surface area (Å²) >= 11 is 5.91. The van der Waals surface area contributed by atoms with Gasteiger partial charge in [0.25, 0.3) is 5.69 Å². The lowest BCUT2D eigenvalue weighted by Gasteiger charge is -2.06. The van der Waals surface area contributed by atoms with Crippen molar-refractivity contribution < 1.29 is 14.8 Å². The minimum absolute atomic E-state index is 0.00935.